The van der Waals surface area contributed by atoms with E-state index in [-0.39, 0.29) is 0 Å². The lowest BCUT2D eigenvalue weighted by Crippen LogP contribution is -1.90. The van der Waals surface area contributed by atoms with Crippen molar-refractivity contribution >= 4 is 33.1 Å². The van der Waals surface area contributed by atoms with Crippen molar-refractivity contribution in [2.45, 2.75) is 0 Å². The zero-order chi connectivity index (χ0) is 9.26. The fourth-order valence-electron chi connectivity index (χ4n) is 1.09. The topological polar surface area (TPSA) is 38.9 Å². The maximum atomic E-state index is 5.61. The van der Waals surface area contributed by atoms with E-state index in [0.29, 0.717) is 5.82 Å². The molecule has 0 spiro atoms. The van der Waals surface area contributed by atoms with Gasteiger partial charge in [-0.05, 0) is 44.4 Å². The van der Waals surface area contributed by atoms with Gasteiger partial charge in [0.25, 0.3) is 0 Å². The van der Waals surface area contributed by atoms with Crippen LogP contribution < -0.4 is 5.73 Å². The maximum absolute atomic E-state index is 5.61. The van der Waals surface area contributed by atoms with Crippen molar-refractivity contribution < 1.29 is 0 Å². The number of aromatic nitrogens is 1. The Kier molecular flexibility index (Phi) is 2.33. The Morgan fingerprint density at radius 1 is 1.46 bits per heavy atom. The molecule has 0 unspecified atom stereocenters. The van der Waals surface area contributed by atoms with Gasteiger partial charge < -0.3 is 5.73 Å². The van der Waals surface area contributed by atoms with E-state index in [1.807, 2.05) is 11.4 Å². The Morgan fingerprint density at radius 3 is 3.00 bits per heavy atom. The van der Waals surface area contributed by atoms with E-state index in [1.165, 1.54) is 5.56 Å². The van der Waals surface area contributed by atoms with E-state index in [4.69, 9.17) is 5.73 Å². The summed E-state index contributed by atoms with van der Waals surface area (Å²) in [5.41, 5.74) is 7.87. The van der Waals surface area contributed by atoms with Crippen molar-refractivity contribution in [2.24, 2.45) is 0 Å². The molecule has 2 N–H and O–H groups in total. The molecule has 13 heavy (non-hydrogen) atoms. The molecule has 0 atom stereocenters. The van der Waals surface area contributed by atoms with Crippen LogP contribution in [0.5, 0.6) is 0 Å². The number of nitrogens with two attached hydrogens (primary N) is 1. The fraction of sp³-hybridized carbons (Fsp3) is 0. The predicted octanol–water partition coefficient (Wildman–Crippen LogP) is 3.15. The van der Waals surface area contributed by atoms with E-state index >= 15 is 0 Å². The summed E-state index contributed by atoms with van der Waals surface area (Å²) in [5, 5.41) is 4.12. The molecule has 2 aromatic rings. The maximum Gasteiger partial charge on any atom is 0.123 e. The van der Waals surface area contributed by atoms with Gasteiger partial charge in [-0.15, -0.1) is 0 Å². The normalized spacial score (nSPS) is 10.2. The number of thiophene rings is 1. The van der Waals surface area contributed by atoms with Crippen LogP contribution in [0.4, 0.5) is 5.82 Å². The van der Waals surface area contributed by atoms with Gasteiger partial charge in [0, 0.05) is 16.2 Å². The average Bonchev–Trinajstić information content (AvgIpc) is 2.61. The lowest BCUT2D eigenvalue weighted by atomic mass is 10.1. The summed E-state index contributed by atoms with van der Waals surface area (Å²) in [4.78, 5) is 3.98. The van der Waals surface area contributed by atoms with E-state index in [2.05, 4.69) is 32.4 Å². The van der Waals surface area contributed by atoms with Crippen LogP contribution in [0.25, 0.3) is 11.1 Å². The molecule has 0 fully saturated rings. The van der Waals surface area contributed by atoms with E-state index in [0.717, 1.165) is 10.0 Å². The predicted molar refractivity (Wildman–Crippen MR) is 59.7 cm³/mol. The van der Waals surface area contributed by atoms with Gasteiger partial charge in [0.15, 0.2) is 0 Å². The monoisotopic (exact) mass is 254 g/mol. The molecular formula is C9H7BrN2S. The highest BCUT2D eigenvalue weighted by molar-refractivity contribution is 9.10. The Balaban J connectivity index is 2.57. The van der Waals surface area contributed by atoms with Crippen molar-refractivity contribution in [1.82, 2.24) is 4.98 Å². The second-order valence-corrected chi connectivity index (χ2v) is 4.24. The number of nitrogen functional groups attached to an aromatic ring is 1. The van der Waals surface area contributed by atoms with Gasteiger partial charge in [0.2, 0.25) is 0 Å². The summed E-state index contributed by atoms with van der Waals surface area (Å²) in [6, 6.07) is 3.93. The first-order chi connectivity index (χ1) is 6.27. The zero-order valence-corrected chi connectivity index (χ0v) is 9.10. The molecule has 66 valence electrons. The zero-order valence-electron chi connectivity index (χ0n) is 6.70. The molecule has 0 bridgehead atoms. The Morgan fingerprint density at radius 2 is 2.31 bits per heavy atom. The molecule has 0 aliphatic heterocycles. The molecule has 4 heteroatoms. The van der Waals surface area contributed by atoms with Crippen molar-refractivity contribution in [3.63, 3.8) is 0 Å². The number of anilines is 1. The number of hydrogen-bond acceptors (Lipinski definition) is 3. The summed E-state index contributed by atoms with van der Waals surface area (Å²) in [5.74, 6) is 0.546. The van der Waals surface area contributed by atoms with E-state index in [9.17, 15) is 0 Å². The molecule has 2 rings (SSSR count). The Hall–Kier alpha value is -0.870. The van der Waals surface area contributed by atoms with Crippen LogP contribution in [0.3, 0.4) is 0 Å². The molecule has 0 saturated carbocycles. The van der Waals surface area contributed by atoms with Crippen molar-refractivity contribution in [3.8, 4) is 11.1 Å². The first-order valence-electron chi connectivity index (χ1n) is 3.71. The number of rotatable bonds is 1. The van der Waals surface area contributed by atoms with Crippen molar-refractivity contribution in [1.29, 1.82) is 0 Å². The molecule has 2 nitrogen and oxygen atoms in total. The quantitative estimate of drug-likeness (QED) is 0.850. The average molecular weight is 255 g/mol. The van der Waals surface area contributed by atoms with Crippen molar-refractivity contribution in [3.05, 3.63) is 33.6 Å². The summed E-state index contributed by atoms with van der Waals surface area (Å²) >= 11 is 5.11. The summed E-state index contributed by atoms with van der Waals surface area (Å²) in [6.45, 7) is 0. The minimum absolute atomic E-state index is 0.546. The van der Waals surface area contributed by atoms with Gasteiger partial charge in [0.1, 0.15) is 5.82 Å². The molecule has 2 aromatic heterocycles. The summed E-state index contributed by atoms with van der Waals surface area (Å²) in [7, 11) is 0. The Bertz CT molecular complexity index is 412. The van der Waals surface area contributed by atoms with Gasteiger partial charge in [-0.2, -0.15) is 11.3 Å². The van der Waals surface area contributed by atoms with Gasteiger partial charge in [-0.3, -0.25) is 0 Å². The Labute approximate surface area is 88.6 Å². The third-order valence-corrected chi connectivity index (χ3v) is 3.02. The molecule has 2 heterocycles. The molecule has 0 aliphatic carbocycles. The van der Waals surface area contributed by atoms with Crippen LogP contribution in [-0.4, -0.2) is 4.98 Å². The molecule has 0 saturated heterocycles. The third kappa shape index (κ3) is 1.73. The highest BCUT2D eigenvalue weighted by atomic mass is 79.9. The lowest BCUT2D eigenvalue weighted by molar-refractivity contribution is 1.32. The van der Waals surface area contributed by atoms with Crippen LogP contribution in [-0.2, 0) is 0 Å². The molecular weight excluding hydrogens is 248 g/mol. The number of pyridine rings is 1. The number of hydrogen-bond donors (Lipinski definition) is 1. The standard InChI is InChI=1S/C9H7BrN2S/c10-8-4-12-9(11)3-7(8)6-1-2-13-5-6/h1-5H,(H2,11,12). The molecule has 0 aliphatic rings. The molecule has 0 aromatic carbocycles. The number of halogens is 1. The third-order valence-electron chi connectivity index (χ3n) is 1.71. The van der Waals surface area contributed by atoms with Gasteiger partial charge in [-0.1, -0.05) is 0 Å². The molecule has 0 amide bonds. The second-order valence-electron chi connectivity index (χ2n) is 2.60. The van der Waals surface area contributed by atoms with Crippen LogP contribution in [0, 0.1) is 0 Å². The van der Waals surface area contributed by atoms with Crippen molar-refractivity contribution in [2.75, 3.05) is 5.73 Å². The second kappa shape index (κ2) is 3.47. The van der Waals surface area contributed by atoms with E-state index < -0.39 is 0 Å². The summed E-state index contributed by atoms with van der Waals surface area (Å²) in [6.07, 6.45) is 1.72. The lowest BCUT2D eigenvalue weighted by Gasteiger charge is -2.01. The fourth-order valence-corrected chi connectivity index (χ4v) is 2.20. The smallest absolute Gasteiger partial charge is 0.123 e. The van der Waals surface area contributed by atoms with Gasteiger partial charge in [0.05, 0.1) is 0 Å². The first-order valence-corrected chi connectivity index (χ1v) is 5.44. The van der Waals surface area contributed by atoms with Gasteiger partial charge >= 0.3 is 0 Å². The minimum atomic E-state index is 0.546. The SMILES string of the molecule is Nc1cc(-c2ccsc2)c(Br)cn1. The first kappa shape index (κ1) is 8.72. The minimum Gasteiger partial charge on any atom is -0.384 e. The van der Waals surface area contributed by atoms with Crippen LogP contribution >= 0.6 is 27.3 Å². The van der Waals surface area contributed by atoms with E-state index in [1.54, 1.807) is 17.5 Å². The number of nitrogens with zero attached hydrogens (tertiary/aromatic N) is 1. The summed E-state index contributed by atoms with van der Waals surface area (Å²) < 4.78 is 0.972. The highest BCUT2D eigenvalue weighted by Gasteiger charge is 2.03. The van der Waals surface area contributed by atoms with Crippen LogP contribution in [0.2, 0.25) is 0 Å². The molecule has 0 radical (unpaired) electrons. The van der Waals surface area contributed by atoms with Crippen LogP contribution in [0.15, 0.2) is 33.6 Å². The van der Waals surface area contributed by atoms with Gasteiger partial charge in [-0.25, -0.2) is 4.98 Å². The van der Waals surface area contributed by atoms with Crippen LogP contribution in [0.1, 0.15) is 0 Å². The largest absolute Gasteiger partial charge is 0.384 e. The highest BCUT2D eigenvalue weighted by Crippen LogP contribution is 2.30.